The Morgan fingerprint density at radius 3 is 2.27 bits per heavy atom. The highest BCUT2D eigenvalue weighted by atomic mass is 16.5. The molecule has 0 aliphatic carbocycles. The minimum Gasteiger partial charge on any atom is -0.291 e. The summed E-state index contributed by atoms with van der Waals surface area (Å²) in [7, 11) is 0. The molecule has 2 N–H and O–H groups in total. The van der Waals surface area contributed by atoms with Gasteiger partial charge in [0, 0.05) is 5.70 Å². The third-order valence-corrected chi connectivity index (χ3v) is 1.24. The minimum absolute atomic E-state index is 0.712. The molecule has 2 nitrogen and oxygen atoms in total. The molecule has 0 aliphatic heterocycles. The maximum atomic E-state index is 8.28. The zero-order valence-electron chi connectivity index (χ0n) is 7.98. The molecule has 0 saturated heterocycles. The van der Waals surface area contributed by atoms with Crippen molar-refractivity contribution in [2.75, 3.05) is 0 Å². The van der Waals surface area contributed by atoms with Crippen LogP contribution in [0.15, 0.2) is 12.3 Å². The van der Waals surface area contributed by atoms with Gasteiger partial charge in [0.2, 0.25) is 0 Å². The second-order valence-electron chi connectivity index (χ2n) is 2.17. The normalized spacial score (nSPS) is 8.00. The highest BCUT2D eigenvalue weighted by Crippen LogP contribution is 2.02. The topological polar surface area (TPSA) is 32.3 Å². The molecule has 0 heterocycles. The standard InChI is InChI=1S/C7H15NO.C2H6/c1-3-4-5-6-7(2)8-9;1-2/h8-9H,2-6H2,1H3;1-2H3. The van der Waals surface area contributed by atoms with Crippen LogP contribution >= 0.6 is 0 Å². The number of hydrogen-bond donors (Lipinski definition) is 2. The molecule has 0 atom stereocenters. The van der Waals surface area contributed by atoms with E-state index in [4.69, 9.17) is 5.21 Å². The van der Waals surface area contributed by atoms with Crippen molar-refractivity contribution in [3.63, 3.8) is 0 Å². The van der Waals surface area contributed by atoms with E-state index in [0.717, 1.165) is 12.8 Å². The van der Waals surface area contributed by atoms with Crippen LogP contribution in [0.3, 0.4) is 0 Å². The van der Waals surface area contributed by atoms with Crippen molar-refractivity contribution in [2.45, 2.75) is 46.5 Å². The summed E-state index contributed by atoms with van der Waals surface area (Å²) in [6, 6.07) is 0. The predicted molar refractivity (Wildman–Crippen MR) is 49.6 cm³/mol. The maximum absolute atomic E-state index is 8.28. The van der Waals surface area contributed by atoms with Gasteiger partial charge < -0.3 is 0 Å². The van der Waals surface area contributed by atoms with Crippen LogP contribution in [0.1, 0.15) is 46.5 Å². The van der Waals surface area contributed by atoms with Crippen molar-refractivity contribution in [1.82, 2.24) is 5.48 Å². The van der Waals surface area contributed by atoms with Crippen LogP contribution in [0.25, 0.3) is 0 Å². The summed E-state index contributed by atoms with van der Waals surface area (Å²) < 4.78 is 0. The van der Waals surface area contributed by atoms with E-state index in [2.05, 4.69) is 13.5 Å². The Bertz CT molecular complexity index is 81.6. The first-order valence-corrected chi connectivity index (χ1v) is 4.39. The summed E-state index contributed by atoms with van der Waals surface area (Å²) >= 11 is 0. The molecule has 0 aliphatic rings. The summed E-state index contributed by atoms with van der Waals surface area (Å²) in [4.78, 5) is 0. The van der Waals surface area contributed by atoms with Crippen molar-refractivity contribution in [3.05, 3.63) is 12.3 Å². The van der Waals surface area contributed by atoms with Gasteiger partial charge in [-0.25, -0.2) is 0 Å². The number of hydrogen-bond acceptors (Lipinski definition) is 2. The van der Waals surface area contributed by atoms with Gasteiger partial charge in [0.05, 0.1) is 0 Å². The van der Waals surface area contributed by atoms with E-state index in [1.165, 1.54) is 12.8 Å². The van der Waals surface area contributed by atoms with E-state index in [1.54, 1.807) is 0 Å². The Morgan fingerprint density at radius 1 is 1.36 bits per heavy atom. The molecule has 0 fully saturated rings. The Labute approximate surface area is 70.3 Å². The number of unbranched alkanes of at least 4 members (excludes halogenated alkanes) is 2. The summed E-state index contributed by atoms with van der Waals surface area (Å²) in [6.45, 7) is 9.73. The molecule has 0 bridgehead atoms. The van der Waals surface area contributed by atoms with Gasteiger partial charge in [-0.2, -0.15) is 0 Å². The lowest BCUT2D eigenvalue weighted by Gasteiger charge is -2.00. The van der Waals surface area contributed by atoms with Crippen molar-refractivity contribution >= 4 is 0 Å². The van der Waals surface area contributed by atoms with Gasteiger partial charge in [0.25, 0.3) is 0 Å². The van der Waals surface area contributed by atoms with Gasteiger partial charge in [-0.1, -0.05) is 40.2 Å². The van der Waals surface area contributed by atoms with E-state index in [1.807, 2.05) is 19.3 Å². The van der Waals surface area contributed by atoms with Gasteiger partial charge in [-0.05, 0) is 12.8 Å². The monoisotopic (exact) mass is 159 g/mol. The van der Waals surface area contributed by atoms with Crippen molar-refractivity contribution in [3.8, 4) is 0 Å². The van der Waals surface area contributed by atoms with Gasteiger partial charge in [-0.3, -0.25) is 10.7 Å². The van der Waals surface area contributed by atoms with E-state index >= 15 is 0 Å². The molecule has 0 aromatic carbocycles. The molecule has 0 amide bonds. The molecule has 0 spiro atoms. The highest BCUT2D eigenvalue weighted by molar-refractivity contribution is 4.86. The van der Waals surface area contributed by atoms with E-state index in [9.17, 15) is 0 Å². The maximum Gasteiger partial charge on any atom is 0.0304 e. The SMILES string of the molecule is C=C(CCCCC)NO.CC. The lowest BCUT2D eigenvalue weighted by molar-refractivity contribution is 0.196. The molecule has 2 heteroatoms. The smallest absolute Gasteiger partial charge is 0.0304 e. The minimum atomic E-state index is 0.712. The fraction of sp³-hybridized carbons (Fsp3) is 0.778. The van der Waals surface area contributed by atoms with Crippen LogP contribution in [0, 0.1) is 0 Å². The Balaban J connectivity index is 0. The molecule has 68 valence electrons. The Hall–Kier alpha value is -0.500. The highest BCUT2D eigenvalue weighted by Gasteiger charge is 1.88. The van der Waals surface area contributed by atoms with Gasteiger partial charge >= 0.3 is 0 Å². The third kappa shape index (κ3) is 12.6. The summed E-state index contributed by atoms with van der Waals surface area (Å²) in [5, 5.41) is 8.28. The summed E-state index contributed by atoms with van der Waals surface area (Å²) in [5.74, 6) is 0. The number of nitrogens with one attached hydrogen (secondary N) is 1. The predicted octanol–water partition coefficient (Wildman–Crippen LogP) is 3.09. The number of hydroxylamine groups is 1. The Morgan fingerprint density at radius 2 is 1.91 bits per heavy atom. The molecular formula is C9H21NO. The first kappa shape index (κ1) is 13.1. The van der Waals surface area contributed by atoms with Crippen molar-refractivity contribution in [2.24, 2.45) is 0 Å². The van der Waals surface area contributed by atoms with Gasteiger partial charge in [0.15, 0.2) is 0 Å². The second kappa shape index (κ2) is 12.2. The zero-order valence-corrected chi connectivity index (χ0v) is 7.98. The molecule has 11 heavy (non-hydrogen) atoms. The van der Waals surface area contributed by atoms with Crippen LogP contribution in [0.5, 0.6) is 0 Å². The van der Waals surface area contributed by atoms with Crippen molar-refractivity contribution < 1.29 is 5.21 Å². The molecule has 0 rings (SSSR count). The first-order valence-electron chi connectivity index (χ1n) is 4.39. The number of allylic oxidation sites excluding steroid dienone is 1. The van der Waals surface area contributed by atoms with E-state index in [-0.39, 0.29) is 0 Å². The first-order chi connectivity index (χ1) is 5.31. The summed E-state index contributed by atoms with van der Waals surface area (Å²) in [5.41, 5.74) is 2.74. The number of rotatable bonds is 5. The van der Waals surface area contributed by atoms with E-state index in [0.29, 0.717) is 5.70 Å². The average molecular weight is 159 g/mol. The fourth-order valence-electron chi connectivity index (χ4n) is 0.644. The Kier molecular flexibility index (Phi) is 14.5. The lowest BCUT2D eigenvalue weighted by atomic mass is 10.2. The second-order valence-corrected chi connectivity index (χ2v) is 2.17. The van der Waals surface area contributed by atoms with Gasteiger partial charge in [-0.15, -0.1) is 0 Å². The van der Waals surface area contributed by atoms with Crippen LogP contribution in [0.4, 0.5) is 0 Å². The van der Waals surface area contributed by atoms with Crippen LogP contribution in [-0.2, 0) is 0 Å². The van der Waals surface area contributed by atoms with Crippen LogP contribution in [-0.4, -0.2) is 5.21 Å². The fourth-order valence-corrected chi connectivity index (χ4v) is 0.644. The molecule has 0 aromatic rings. The largest absolute Gasteiger partial charge is 0.291 e. The van der Waals surface area contributed by atoms with Crippen LogP contribution in [0.2, 0.25) is 0 Å². The molecule has 0 radical (unpaired) electrons. The van der Waals surface area contributed by atoms with Crippen molar-refractivity contribution in [1.29, 1.82) is 0 Å². The zero-order chi connectivity index (χ0) is 9.11. The quantitative estimate of drug-likeness (QED) is 0.477. The third-order valence-electron chi connectivity index (χ3n) is 1.24. The van der Waals surface area contributed by atoms with E-state index < -0.39 is 0 Å². The molecule has 0 aromatic heterocycles. The van der Waals surface area contributed by atoms with Crippen LogP contribution < -0.4 is 5.48 Å². The molecular weight excluding hydrogens is 138 g/mol. The average Bonchev–Trinajstić information content (AvgIpc) is 2.08. The molecule has 0 unspecified atom stereocenters. The summed E-state index contributed by atoms with van der Waals surface area (Å²) in [6.07, 6.45) is 4.41. The lowest BCUT2D eigenvalue weighted by Crippen LogP contribution is -2.04. The van der Waals surface area contributed by atoms with Gasteiger partial charge in [0.1, 0.15) is 0 Å². The molecule has 0 saturated carbocycles.